The van der Waals surface area contributed by atoms with Gasteiger partial charge in [0.1, 0.15) is 0 Å². The van der Waals surface area contributed by atoms with Crippen LogP contribution in [0.1, 0.15) is 32.1 Å². The van der Waals surface area contributed by atoms with Crippen molar-refractivity contribution in [3.63, 3.8) is 0 Å². The van der Waals surface area contributed by atoms with Crippen LogP contribution in [0.4, 0.5) is 5.95 Å². The first-order valence-electron chi connectivity index (χ1n) is 7.52. The Hall–Kier alpha value is -1.84. The second-order valence-corrected chi connectivity index (χ2v) is 6.29. The van der Waals surface area contributed by atoms with Gasteiger partial charge in [0.05, 0.1) is 11.0 Å². The summed E-state index contributed by atoms with van der Waals surface area (Å²) in [5.74, 6) is 2.95. The summed E-state index contributed by atoms with van der Waals surface area (Å²) in [4.78, 5) is 19.7. The van der Waals surface area contributed by atoms with Crippen molar-refractivity contribution in [3.05, 3.63) is 24.3 Å². The van der Waals surface area contributed by atoms with Crippen LogP contribution in [0.5, 0.6) is 0 Å². The molecule has 4 rings (SSSR count). The first-order chi connectivity index (χ1) is 9.78. The third kappa shape index (κ3) is 2.09. The summed E-state index contributed by atoms with van der Waals surface area (Å²) in [6.45, 7) is 0. The van der Waals surface area contributed by atoms with Crippen molar-refractivity contribution in [1.29, 1.82) is 0 Å². The topological polar surface area (TPSA) is 57.8 Å². The number of rotatable bonds is 3. The van der Waals surface area contributed by atoms with Crippen LogP contribution < -0.4 is 5.32 Å². The van der Waals surface area contributed by atoms with E-state index in [1.165, 1.54) is 25.7 Å². The molecule has 1 aromatic heterocycles. The largest absolute Gasteiger partial charge is 0.324 e. The van der Waals surface area contributed by atoms with Gasteiger partial charge < -0.3 is 4.98 Å². The van der Waals surface area contributed by atoms with Gasteiger partial charge in [-0.2, -0.15) is 0 Å². The van der Waals surface area contributed by atoms with Crippen LogP contribution >= 0.6 is 0 Å². The fourth-order valence-corrected chi connectivity index (χ4v) is 4.06. The Bertz CT molecular complexity index is 615. The molecule has 4 heteroatoms. The molecule has 1 heterocycles. The van der Waals surface area contributed by atoms with Crippen LogP contribution in [-0.2, 0) is 4.79 Å². The summed E-state index contributed by atoms with van der Waals surface area (Å²) >= 11 is 0. The van der Waals surface area contributed by atoms with Crippen LogP contribution in [0.15, 0.2) is 24.3 Å². The molecule has 0 saturated heterocycles. The Kier molecular flexibility index (Phi) is 2.76. The maximum atomic E-state index is 12.2. The van der Waals surface area contributed by atoms with Gasteiger partial charge in [0, 0.05) is 6.42 Å². The zero-order valence-corrected chi connectivity index (χ0v) is 11.4. The number of hydrogen-bond donors (Lipinski definition) is 2. The summed E-state index contributed by atoms with van der Waals surface area (Å²) in [5, 5.41) is 2.91. The average molecular weight is 269 g/mol. The molecule has 20 heavy (non-hydrogen) atoms. The molecule has 2 bridgehead atoms. The minimum absolute atomic E-state index is 0.0987. The molecule has 0 aliphatic heterocycles. The highest BCUT2D eigenvalue weighted by atomic mass is 16.1. The lowest BCUT2D eigenvalue weighted by molar-refractivity contribution is -0.117. The van der Waals surface area contributed by atoms with Gasteiger partial charge in [0.2, 0.25) is 11.9 Å². The molecule has 3 atom stereocenters. The van der Waals surface area contributed by atoms with Crippen molar-refractivity contribution in [2.75, 3.05) is 5.32 Å². The normalized spacial score (nSPS) is 28.1. The highest BCUT2D eigenvalue weighted by Crippen LogP contribution is 2.49. The Morgan fingerprint density at radius 1 is 1.30 bits per heavy atom. The van der Waals surface area contributed by atoms with Crippen LogP contribution in [0.25, 0.3) is 11.0 Å². The minimum Gasteiger partial charge on any atom is -0.324 e. The fourth-order valence-electron chi connectivity index (χ4n) is 4.06. The van der Waals surface area contributed by atoms with Gasteiger partial charge in [0.25, 0.3) is 0 Å². The van der Waals surface area contributed by atoms with Gasteiger partial charge in [-0.05, 0) is 49.1 Å². The third-order valence-electron chi connectivity index (χ3n) is 4.98. The van der Waals surface area contributed by atoms with Crippen molar-refractivity contribution in [1.82, 2.24) is 9.97 Å². The zero-order valence-electron chi connectivity index (χ0n) is 11.4. The number of carbonyl (C=O) groups is 1. The van der Waals surface area contributed by atoms with Crippen LogP contribution in [-0.4, -0.2) is 15.9 Å². The number of nitrogens with one attached hydrogen (secondary N) is 2. The Morgan fingerprint density at radius 2 is 2.20 bits per heavy atom. The van der Waals surface area contributed by atoms with E-state index in [9.17, 15) is 4.79 Å². The smallest absolute Gasteiger partial charge is 0.226 e. The molecule has 4 nitrogen and oxygen atoms in total. The van der Waals surface area contributed by atoms with Crippen LogP contribution in [0.2, 0.25) is 0 Å². The molecule has 2 fully saturated rings. The second-order valence-electron chi connectivity index (χ2n) is 6.29. The number of nitrogens with zero attached hydrogens (tertiary/aromatic N) is 1. The molecule has 0 spiro atoms. The van der Waals surface area contributed by atoms with Gasteiger partial charge in [-0.15, -0.1) is 0 Å². The van der Waals surface area contributed by atoms with E-state index in [-0.39, 0.29) is 5.91 Å². The van der Waals surface area contributed by atoms with Crippen molar-refractivity contribution in [3.8, 4) is 0 Å². The van der Waals surface area contributed by atoms with E-state index < -0.39 is 0 Å². The zero-order chi connectivity index (χ0) is 13.5. The Labute approximate surface area is 118 Å². The van der Waals surface area contributed by atoms with Gasteiger partial charge in [0.15, 0.2) is 0 Å². The van der Waals surface area contributed by atoms with Crippen LogP contribution in [0.3, 0.4) is 0 Å². The Balaban J connectivity index is 1.42. The number of imidazole rings is 1. The van der Waals surface area contributed by atoms with E-state index in [1.807, 2.05) is 24.3 Å². The quantitative estimate of drug-likeness (QED) is 0.898. The van der Waals surface area contributed by atoms with Crippen molar-refractivity contribution in [2.45, 2.75) is 32.1 Å². The molecule has 2 aliphatic rings. The summed E-state index contributed by atoms with van der Waals surface area (Å²) in [6.07, 6.45) is 5.96. The van der Waals surface area contributed by atoms with E-state index >= 15 is 0 Å². The number of benzene rings is 1. The average Bonchev–Trinajstić information content (AvgIpc) is 3.11. The monoisotopic (exact) mass is 269 g/mol. The molecular formula is C16H19N3O. The molecule has 1 aromatic carbocycles. The first-order valence-corrected chi connectivity index (χ1v) is 7.52. The molecule has 2 saturated carbocycles. The number of hydrogen-bond acceptors (Lipinski definition) is 2. The van der Waals surface area contributed by atoms with E-state index in [2.05, 4.69) is 15.3 Å². The third-order valence-corrected chi connectivity index (χ3v) is 4.98. The summed E-state index contributed by atoms with van der Waals surface area (Å²) in [5.41, 5.74) is 1.85. The van der Waals surface area contributed by atoms with Crippen LogP contribution in [0, 0.1) is 17.8 Å². The van der Waals surface area contributed by atoms with E-state index in [4.69, 9.17) is 0 Å². The number of carbonyl (C=O) groups excluding carboxylic acids is 1. The lowest BCUT2D eigenvalue weighted by atomic mass is 9.86. The number of H-pyrrole nitrogens is 1. The van der Waals surface area contributed by atoms with E-state index in [0.29, 0.717) is 18.3 Å². The molecule has 3 unspecified atom stereocenters. The first kappa shape index (κ1) is 11.9. The van der Waals surface area contributed by atoms with Crippen molar-refractivity contribution in [2.24, 2.45) is 17.8 Å². The van der Waals surface area contributed by atoms with Crippen molar-refractivity contribution >= 4 is 22.9 Å². The molecule has 2 N–H and O–H groups in total. The lowest BCUT2D eigenvalue weighted by Crippen LogP contribution is -2.20. The van der Waals surface area contributed by atoms with Gasteiger partial charge >= 0.3 is 0 Å². The number of aromatic nitrogens is 2. The molecule has 104 valence electrons. The maximum absolute atomic E-state index is 12.2. The Morgan fingerprint density at radius 3 is 2.95 bits per heavy atom. The van der Waals surface area contributed by atoms with Gasteiger partial charge in [-0.1, -0.05) is 18.6 Å². The molecule has 1 amide bonds. The number of amides is 1. The standard InChI is InChI=1S/C16H19N3O/c20-15(9-12-8-10-5-6-11(12)7-10)19-16-17-13-3-1-2-4-14(13)18-16/h1-4,10-12H,5-9H2,(H2,17,18,19,20). The number of fused-ring (bicyclic) bond motifs is 3. The highest BCUT2D eigenvalue weighted by Gasteiger charge is 2.40. The second kappa shape index (κ2) is 4.62. The number of anilines is 1. The summed E-state index contributed by atoms with van der Waals surface area (Å²) < 4.78 is 0. The predicted octanol–water partition coefficient (Wildman–Crippen LogP) is 3.33. The predicted molar refractivity (Wildman–Crippen MR) is 78.3 cm³/mol. The molecule has 2 aliphatic carbocycles. The molecular weight excluding hydrogens is 250 g/mol. The SMILES string of the molecule is O=C(CC1CC2CCC1C2)Nc1nc2ccccc2[nH]1. The van der Waals surface area contributed by atoms with E-state index in [1.54, 1.807) is 0 Å². The van der Waals surface area contributed by atoms with Crippen molar-refractivity contribution < 1.29 is 4.79 Å². The lowest BCUT2D eigenvalue weighted by Gasteiger charge is -2.20. The summed E-state index contributed by atoms with van der Waals surface area (Å²) in [6, 6.07) is 7.82. The van der Waals surface area contributed by atoms with E-state index in [0.717, 1.165) is 22.9 Å². The highest BCUT2D eigenvalue weighted by molar-refractivity contribution is 5.91. The molecule has 2 aromatic rings. The van der Waals surface area contributed by atoms with Gasteiger partial charge in [-0.25, -0.2) is 4.98 Å². The maximum Gasteiger partial charge on any atom is 0.226 e. The van der Waals surface area contributed by atoms with Gasteiger partial charge in [-0.3, -0.25) is 10.1 Å². The molecule has 0 radical (unpaired) electrons. The number of aromatic amines is 1. The number of para-hydroxylation sites is 2. The summed E-state index contributed by atoms with van der Waals surface area (Å²) in [7, 11) is 0. The minimum atomic E-state index is 0.0987. The fraction of sp³-hybridized carbons (Fsp3) is 0.500.